The molecular formula is C17H32NNaO4. The Morgan fingerprint density at radius 3 is 1.74 bits per heavy atom. The molecule has 0 aliphatic heterocycles. The molecule has 0 saturated carbocycles. The van der Waals surface area contributed by atoms with Gasteiger partial charge >= 0.3 is 29.6 Å². The van der Waals surface area contributed by atoms with E-state index >= 15 is 0 Å². The fraction of sp³-hybridized carbons (Fsp3) is 0.882. The minimum Gasteiger partial charge on any atom is -0.548 e. The Hall–Kier alpha value is -0.100. The monoisotopic (exact) mass is 337 g/mol. The van der Waals surface area contributed by atoms with Gasteiger partial charge in [0.25, 0.3) is 0 Å². The molecule has 0 radical (unpaired) electrons. The molecule has 0 saturated heterocycles. The molecule has 1 atom stereocenters. The van der Waals surface area contributed by atoms with E-state index in [1.807, 2.05) is 0 Å². The number of carbonyl (C=O) groups excluding carboxylic acids is 2. The molecule has 0 bridgehead atoms. The Morgan fingerprint density at radius 2 is 1.35 bits per heavy atom. The van der Waals surface area contributed by atoms with Crippen LogP contribution in [-0.4, -0.2) is 29.6 Å². The standard InChI is InChI=1S/C17H33NO4.Na/c1-2-3-4-5-6-7-8-9-10-11-12-13-16(20)18-15(14-19)17(21)22;/h15,19H,2-14H2,1H3,(H,18,20)(H,21,22);/q;+1/p-1/t15-;/m0./s1. The zero-order valence-corrected chi connectivity index (χ0v) is 16.9. The van der Waals surface area contributed by atoms with Gasteiger partial charge in [0.2, 0.25) is 5.91 Å². The quantitative estimate of drug-likeness (QED) is 0.294. The number of amides is 1. The van der Waals surface area contributed by atoms with Crippen LogP contribution in [0.15, 0.2) is 0 Å². The van der Waals surface area contributed by atoms with Crippen molar-refractivity contribution in [3.63, 3.8) is 0 Å². The van der Waals surface area contributed by atoms with Gasteiger partial charge in [-0.1, -0.05) is 71.1 Å². The van der Waals surface area contributed by atoms with E-state index in [1.54, 1.807) is 0 Å². The molecule has 2 N–H and O–H groups in total. The fourth-order valence-electron chi connectivity index (χ4n) is 2.40. The van der Waals surface area contributed by atoms with Crippen molar-refractivity contribution in [3.05, 3.63) is 0 Å². The molecule has 0 aliphatic rings. The Morgan fingerprint density at radius 1 is 0.913 bits per heavy atom. The van der Waals surface area contributed by atoms with Crippen LogP contribution in [0.25, 0.3) is 0 Å². The smallest absolute Gasteiger partial charge is 0.548 e. The third-order valence-corrected chi connectivity index (χ3v) is 3.81. The molecule has 0 aliphatic carbocycles. The van der Waals surface area contributed by atoms with Crippen LogP contribution in [-0.2, 0) is 9.59 Å². The maximum absolute atomic E-state index is 11.5. The summed E-state index contributed by atoms with van der Waals surface area (Å²) in [4.78, 5) is 22.0. The summed E-state index contributed by atoms with van der Waals surface area (Å²) in [6.45, 7) is 1.59. The van der Waals surface area contributed by atoms with Crippen molar-refractivity contribution in [2.75, 3.05) is 6.61 Å². The van der Waals surface area contributed by atoms with Gasteiger partial charge in [-0.05, 0) is 6.42 Å². The van der Waals surface area contributed by atoms with Crippen LogP contribution < -0.4 is 40.0 Å². The molecule has 0 heterocycles. The van der Waals surface area contributed by atoms with Crippen molar-refractivity contribution in [3.8, 4) is 0 Å². The molecule has 0 aromatic carbocycles. The van der Waals surface area contributed by atoms with Gasteiger partial charge in [-0.15, -0.1) is 0 Å². The summed E-state index contributed by atoms with van der Waals surface area (Å²) in [7, 11) is 0. The SMILES string of the molecule is CCCCCCCCCCCCCC(=O)N[C@@H](CO)C(=O)[O-].[Na+]. The maximum atomic E-state index is 11.5. The summed E-state index contributed by atoms with van der Waals surface area (Å²) in [5.41, 5.74) is 0. The Kier molecular flexibility index (Phi) is 19.9. The number of carboxylic acids is 1. The number of hydrogen-bond acceptors (Lipinski definition) is 4. The number of rotatable bonds is 15. The van der Waals surface area contributed by atoms with E-state index in [-0.39, 0.29) is 35.5 Å². The first-order chi connectivity index (χ1) is 10.6. The number of carboxylic acid groups (broad SMARTS) is 1. The topological polar surface area (TPSA) is 89.5 Å². The van der Waals surface area contributed by atoms with E-state index in [0.29, 0.717) is 6.42 Å². The van der Waals surface area contributed by atoms with Gasteiger partial charge in [-0.25, -0.2) is 0 Å². The summed E-state index contributed by atoms with van der Waals surface area (Å²) < 4.78 is 0. The van der Waals surface area contributed by atoms with E-state index in [1.165, 1.54) is 51.4 Å². The van der Waals surface area contributed by atoms with Crippen LogP contribution in [0, 0.1) is 0 Å². The van der Waals surface area contributed by atoms with Gasteiger partial charge in [-0.2, -0.15) is 0 Å². The minimum absolute atomic E-state index is 0. The van der Waals surface area contributed by atoms with Crippen molar-refractivity contribution in [1.82, 2.24) is 5.32 Å². The first-order valence-corrected chi connectivity index (χ1v) is 8.72. The second-order valence-corrected chi connectivity index (χ2v) is 5.91. The van der Waals surface area contributed by atoms with E-state index in [4.69, 9.17) is 5.11 Å². The van der Waals surface area contributed by atoms with Gasteiger partial charge in [0.15, 0.2) is 0 Å². The summed E-state index contributed by atoms with van der Waals surface area (Å²) in [5, 5.41) is 21.6. The maximum Gasteiger partial charge on any atom is 1.00 e. The summed E-state index contributed by atoms with van der Waals surface area (Å²) in [6.07, 6.45) is 13.6. The summed E-state index contributed by atoms with van der Waals surface area (Å²) in [5.74, 6) is -1.78. The predicted molar refractivity (Wildman–Crippen MR) is 85.1 cm³/mol. The number of aliphatic hydroxyl groups excluding tert-OH is 1. The molecule has 1 amide bonds. The van der Waals surface area contributed by atoms with Gasteiger partial charge in [0, 0.05) is 6.42 Å². The number of hydrogen-bond donors (Lipinski definition) is 2. The molecule has 0 rings (SSSR count). The Bertz CT molecular complexity index is 300. The Labute approximate surface area is 162 Å². The summed E-state index contributed by atoms with van der Waals surface area (Å²) >= 11 is 0. The predicted octanol–water partition coefficient (Wildman–Crippen LogP) is -1.08. The number of unbranched alkanes of at least 4 members (excludes halogenated alkanes) is 10. The van der Waals surface area contributed by atoms with E-state index in [2.05, 4.69) is 12.2 Å². The normalized spacial score (nSPS) is 11.6. The zero-order chi connectivity index (χ0) is 16.6. The fourth-order valence-corrected chi connectivity index (χ4v) is 2.40. The van der Waals surface area contributed by atoms with Crippen molar-refractivity contribution in [2.24, 2.45) is 0 Å². The largest absolute Gasteiger partial charge is 1.00 e. The number of aliphatic hydroxyl groups is 1. The van der Waals surface area contributed by atoms with Crippen molar-refractivity contribution >= 4 is 11.9 Å². The second kappa shape index (κ2) is 18.2. The molecular weight excluding hydrogens is 305 g/mol. The van der Waals surface area contributed by atoms with E-state index in [9.17, 15) is 14.7 Å². The molecule has 0 aromatic heterocycles. The van der Waals surface area contributed by atoms with Gasteiger partial charge < -0.3 is 20.3 Å². The van der Waals surface area contributed by atoms with Crippen LogP contribution in [0.1, 0.15) is 84.0 Å². The number of nitrogens with one attached hydrogen (secondary N) is 1. The number of aliphatic carboxylic acids is 1. The molecule has 5 nitrogen and oxygen atoms in total. The third kappa shape index (κ3) is 16.5. The van der Waals surface area contributed by atoms with Crippen LogP contribution in [0.2, 0.25) is 0 Å². The van der Waals surface area contributed by atoms with E-state index < -0.39 is 18.6 Å². The average molecular weight is 337 g/mol. The first-order valence-electron chi connectivity index (χ1n) is 8.72. The minimum atomic E-state index is -1.45. The van der Waals surface area contributed by atoms with Crippen LogP contribution >= 0.6 is 0 Å². The summed E-state index contributed by atoms with van der Waals surface area (Å²) in [6, 6.07) is -1.29. The zero-order valence-electron chi connectivity index (χ0n) is 14.9. The molecule has 0 spiro atoms. The molecule has 0 aromatic rings. The van der Waals surface area contributed by atoms with Crippen molar-refractivity contribution < 1.29 is 49.4 Å². The molecule has 0 unspecified atom stereocenters. The van der Waals surface area contributed by atoms with Crippen molar-refractivity contribution in [1.29, 1.82) is 0 Å². The van der Waals surface area contributed by atoms with E-state index in [0.717, 1.165) is 19.3 Å². The first kappa shape index (κ1) is 25.1. The second-order valence-electron chi connectivity index (χ2n) is 5.91. The van der Waals surface area contributed by atoms with Crippen LogP contribution in [0.3, 0.4) is 0 Å². The average Bonchev–Trinajstić information content (AvgIpc) is 2.50. The molecule has 6 heteroatoms. The van der Waals surface area contributed by atoms with Gasteiger partial charge in [0.05, 0.1) is 18.6 Å². The van der Waals surface area contributed by atoms with Crippen LogP contribution in [0.4, 0.5) is 0 Å². The Balaban J connectivity index is 0. The number of carbonyl (C=O) groups is 2. The van der Waals surface area contributed by atoms with Crippen LogP contribution in [0.5, 0.6) is 0 Å². The van der Waals surface area contributed by atoms with Gasteiger partial charge in [0.1, 0.15) is 0 Å². The molecule has 23 heavy (non-hydrogen) atoms. The molecule has 0 fully saturated rings. The van der Waals surface area contributed by atoms with Crippen molar-refractivity contribution in [2.45, 2.75) is 90.0 Å². The van der Waals surface area contributed by atoms with Gasteiger partial charge in [-0.3, -0.25) is 4.79 Å². The third-order valence-electron chi connectivity index (χ3n) is 3.81. The molecule has 130 valence electrons.